The Balaban J connectivity index is 0.000000166. The summed E-state index contributed by atoms with van der Waals surface area (Å²) in [6.07, 6.45) is 11.4. The minimum absolute atomic E-state index is 0.0833. The van der Waals surface area contributed by atoms with Crippen LogP contribution in [-0.2, 0) is 15.6 Å². The lowest BCUT2D eigenvalue weighted by Gasteiger charge is -2.28. The number of aromatic nitrogens is 1. The monoisotopic (exact) mass is 804 g/mol. The summed E-state index contributed by atoms with van der Waals surface area (Å²) in [5.74, 6) is 0.247. The summed E-state index contributed by atoms with van der Waals surface area (Å²) in [5.41, 5.74) is 8.95. The van der Waals surface area contributed by atoms with E-state index >= 15 is 0 Å². The predicted octanol–water partition coefficient (Wildman–Crippen LogP) is 8.62. The maximum atomic E-state index is 12.1. The van der Waals surface area contributed by atoms with Gasteiger partial charge in [-0.1, -0.05) is 73.2 Å². The molecule has 2 N–H and O–H groups in total. The van der Waals surface area contributed by atoms with Gasteiger partial charge in [0.05, 0.1) is 17.0 Å². The van der Waals surface area contributed by atoms with Gasteiger partial charge in [-0.05, 0) is 114 Å². The molecule has 0 amide bonds. The Labute approximate surface area is 335 Å². The van der Waals surface area contributed by atoms with Crippen molar-refractivity contribution in [3.05, 3.63) is 80.8 Å². The number of likely N-dealkylation sites (tertiary alicyclic amines) is 1. The van der Waals surface area contributed by atoms with Crippen molar-refractivity contribution >= 4 is 74.4 Å². The molecule has 7 nitrogen and oxygen atoms in total. The fraction of sp³-hybridized carbons (Fsp3) is 0.575. The first-order valence-electron chi connectivity index (χ1n) is 18.6. The predicted molar refractivity (Wildman–Crippen MR) is 225 cm³/mol. The van der Waals surface area contributed by atoms with Gasteiger partial charge in [0.1, 0.15) is 0 Å². The summed E-state index contributed by atoms with van der Waals surface area (Å²) < 4.78 is 0. The van der Waals surface area contributed by atoms with E-state index in [0.717, 1.165) is 62.4 Å². The zero-order valence-corrected chi connectivity index (χ0v) is 35.0. The average Bonchev–Trinajstić information content (AvgIpc) is 3.98. The zero-order chi connectivity index (χ0) is 37.5. The van der Waals surface area contributed by atoms with Gasteiger partial charge in [0, 0.05) is 59.1 Å². The lowest BCUT2D eigenvalue weighted by molar-refractivity contribution is -0.122. The summed E-state index contributed by atoms with van der Waals surface area (Å²) in [6.45, 7) is 4.21. The molecule has 2 aromatic carbocycles. The molecule has 0 bridgehead atoms. The lowest BCUT2D eigenvalue weighted by Crippen LogP contribution is -2.37. The van der Waals surface area contributed by atoms with Gasteiger partial charge in [-0.3, -0.25) is 4.79 Å². The van der Waals surface area contributed by atoms with E-state index in [4.69, 9.17) is 57.7 Å². The molecule has 2 unspecified atom stereocenters. The molecule has 284 valence electrons. The summed E-state index contributed by atoms with van der Waals surface area (Å²) in [4.78, 5) is 26.3. The number of likely N-dealkylation sites (N-methyl/N-ethyl adjacent to an activating group) is 2. The normalized spacial score (nSPS) is 21.9. The number of hydrogen-bond acceptors (Lipinski definition) is 7. The zero-order valence-electron chi connectivity index (χ0n) is 31.1. The van der Waals surface area contributed by atoms with Gasteiger partial charge in [0.15, 0.2) is 16.0 Å². The topological polar surface area (TPSA) is 68.9 Å². The van der Waals surface area contributed by atoms with Crippen LogP contribution in [0.25, 0.3) is 0 Å². The standard InChI is InChI=1S/C20H26ClN3S.C13H14Cl2O.C7H15N3S/c1-23(2)17-9-12-24(13-17)19-22-18(14-25-19)20(10-3-4-11-20)15-5-7-16(21)8-6-15;14-9-12(16)13(7-1-2-8-13)10-3-5-11(15)6-4-10;1-9(2)6-3-4-10(5-6)7(8)11/h5-8,14,17H,3-4,9-13H2,1-2H3;3-6H,1-2,7-9H2;6H,3-5H2,1-2H3,(H2,8,11). The molecular weight excluding hydrogens is 751 g/mol. The van der Waals surface area contributed by atoms with Crippen LogP contribution in [0.3, 0.4) is 0 Å². The number of ketones is 1. The van der Waals surface area contributed by atoms with Crippen LogP contribution in [0.2, 0.25) is 10.0 Å². The molecule has 2 atom stereocenters. The number of nitrogens with two attached hydrogens (primary N) is 1. The highest BCUT2D eigenvalue weighted by Crippen LogP contribution is 2.48. The number of anilines is 1. The van der Waals surface area contributed by atoms with Crippen LogP contribution in [0, 0.1) is 0 Å². The molecular formula is C40H55Cl3N6OS2. The van der Waals surface area contributed by atoms with E-state index in [9.17, 15) is 4.79 Å². The Kier molecular flexibility index (Phi) is 14.7. The van der Waals surface area contributed by atoms with Gasteiger partial charge >= 0.3 is 0 Å². The van der Waals surface area contributed by atoms with Gasteiger partial charge in [-0.25, -0.2) is 4.98 Å². The van der Waals surface area contributed by atoms with Gasteiger partial charge in [-0.2, -0.15) is 0 Å². The number of thiazole rings is 1. The second-order valence-electron chi connectivity index (χ2n) is 15.2. The molecule has 2 aliphatic heterocycles. The Hall–Kier alpha value is -1.98. The van der Waals surface area contributed by atoms with Crippen molar-refractivity contribution < 1.29 is 4.79 Å². The summed E-state index contributed by atoms with van der Waals surface area (Å²) in [6, 6.07) is 17.3. The molecule has 3 heterocycles. The number of thiocarbonyl (C=S) groups is 1. The van der Waals surface area contributed by atoms with Crippen LogP contribution < -0.4 is 10.6 Å². The number of halogens is 3. The maximum absolute atomic E-state index is 12.1. The van der Waals surface area contributed by atoms with Gasteiger partial charge in [0.2, 0.25) is 0 Å². The highest BCUT2D eigenvalue weighted by molar-refractivity contribution is 7.80. The second kappa shape index (κ2) is 18.6. The SMILES string of the molecule is CN(C)C1CCN(C(N)=S)C1.CN(C)C1CCN(c2nc(C3(c4ccc(Cl)cc4)CCCC3)cs2)C1.O=C(CCl)C1(c2ccc(Cl)cc2)CCCC1. The minimum atomic E-state index is -0.341. The van der Waals surface area contributed by atoms with Crippen molar-refractivity contribution in [1.29, 1.82) is 0 Å². The summed E-state index contributed by atoms with van der Waals surface area (Å²) in [7, 11) is 8.53. The van der Waals surface area contributed by atoms with E-state index in [1.54, 1.807) is 0 Å². The molecule has 2 saturated heterocycles. The third kappa shape index (κ3) is 9.63. The van der Waals surface area contributed by atoms with Crippen LogP contribution in [0.15, 0.2) is 53.9 Å². The van der Waals surface area contributed by atoms with Crippen LogP contribution in [0.4, 0.5) is 5.13 Å². The number of Topliss-reactive ketones (excluding diaryl/α,β-unsaturated/α-hetero) is 1. The quantitative estimate of drug-likeness (QED) is 0.180. The summed E-state index contributed by atoms with van der Waals surface area (Å²) >= 11 is 24.4. The van der Waals surface area contributed by atoms with Gasteiger partial charge < -0.3 is 25.3 Å². The molecule has 52 heavy (non-hydrogen) atoms. The lowest BCUT2D eigenvalue weighted by atomic mass is 9.76. The van der Waals surface area contributed by atoms with E-state index in [0.29, 0.717) is 22.2 Å². The van der Waals surface area contributed by atoms with Crippen molar-refractivity contribution in [2.24, 2.45) is 5.73 Å². The first-order chi connectivity index (χ1) is 24.9. The molecule has 2 saturated carbocycles. The third-order valence-electron chi connectivity index (χ3n) is 11.7. The number of benzene rings is 2. The van der Waals surface area contributed by atoms with Crippen LogP contribution in [-0.4, -0.2) is 103 Å². The highest BCUT2D eigenvalue weighted by atomic mass is 35.5. The average molecular weight is 806 g/mol. The maximum Gasteiger partial charge on any atom is 0.185 e. The fourth-order valence-corrected chi connectivity index (χ4v) is 10.0. The van der Waals surface area contributed by atoms with Gasteiger partial charge in [-0.15, -0.1) is 22.9 Å². The first-order valence-corrected chi connectivity index (χ1v) is 21.2. The van der Waals surface area contributed by atoms with Crippen LogP contribution in [0.1, 0.15) is 81.0 Å². The van der Waals surface area contributed by atoms with E-state index in [1.807, 2.05) is 47.7 Å². The molecule has 4 fully saturated rings. The number of hydrogen-bond donors (Lipinski definition) is 1. The van der Waals surface area contributed by atoms with E-state index in [2.05, 4.69) is 65.3 Å². The van der Waals surface area contributed by atoms with Crippen molar-refractivity contribution in [3.8, 4) is 0 Å². The number of rotatable bonds is 8. The van der Waals surface area contributed by atoms with Crippen LogP contribution in [0.5, 0.6) is 0 Å². The van der Waals surface area contributed by atoms with Crippen LogP contribution >= 0.6 is 58.4 Å². The van der Waals surface area contributed by atoms with E-state index in [-0.39, 0.29) is 22.5 Å². The Morgan fingerprint density at radius 3 is 1.85 bits per heavy atom. The number of nitrogens with zero attached hydrogens (tertiary/aromatic N) is 5. The smallest absolute Gasteiger partial charge is 0.185 e. The Bertz CT molecular complexity index is 1600. The molecule has 2 aliphatic carbocycles. The molecule has 1 aromatic heterocycles. The van der Waals surface area contributed by atoms with Crippen molar-refractivity contribution in [2.75, 3.05) is 65.1 Å². The fourth-order valence-electron chi connectivity index (χ4n) is 8.37. The minimum Gasteiger partial charge on any atom is -0.376 e. The third-order valence-corrected chi connectivity index (χ3v) is 13.6. The Morgan fingerprint density at radius 2 is 1.37 bits per heavy atom. The van der Waals surface area contributed by atoms with E-state index < -0.39 is 0 Å². The van der Waals surface area contributed by atoms with Crippen molar-refractivity contribution in [2.45, 2.75) is 87.1 Å². The molecule has 4 aliphatic rings. The van der Waals surface area contributed by atoms with E-state index in [1.165, 1.54) is 54.9 Å². The molecule has 12 heteroatoms. The summed E-state index contributed by atoms with van der Waals surface area (Å²) in [5, 5.41) is 5.55. The Morgan fingerprint density at radius 1 is 0.846 bits per heavy atom. The molecule has 3 aromatic rings. The molecule has 7 rings (SSSR count). The molecule has 0 spiro atoms. The number of carbonyl (C=O) groups is 1. The molecule has 0 radical (unpaired) electrons. The van der Waals surface area contributed by atoms with Crippen molar-refractivity contribution in [1.82, 2.24) is 19.7 Å². The number of carbonyl (C=O) groups excluding carboxylic acids is 1. The number of alkyl halides is 1. The van der Waals surface area contributed by atoms with Crippen molar-refractivity contribution in [3.63, 3.8) is 0 Å². The van der Waals surface area contributed by atoms with Gasteiger partial charge in [0.25, 0.3) is 0 Å². The largest absolute Gasteiger partial charge is 0.376 e. The highest BCUT2D eigenvalue weighted by Gasteiger charge is 2.42. The first kappa shape index (κ1) is 41.2. The second-order valence-corrected chi connectivity index (χ2v) is 17.6.